The lowest BCUT2D eigenvalue weighted by Gasteiger charge is -2.23. The maximum Gasteiger partial charge on any atom is 0.257 e. The van der Waals surface area contributed by atoms with Gasteiger partial charge in [-0.25, -0.2) is 8.78 Å². The molecule has 0 saturated heterocycles. The van der Waals surface area contributed by atoms with Crippen molar-refractivity contribution < 1.29 is 13.6 Å². The van der Waals surface area contributed by atoms with E-state index in [0.717, 1.165) is 23.9 Å². The van der Waals surface area contributed by atoms with Gasteiger partial charge < -0.3 is 5.32 Å². The predicted molar refractivity (Wildman–Crippen MR) is 54.2 cm³/mol. The van der Waals surface area contributed by atoms with Crippen molar-refractivity contribution in [1.29, 1.82) is 0 Å². The Hall–Kier alpha value is -1.46. The molecule has 1 N–H and O–H groups in total. The summed E-state index contributed by atoms with van der Waals surface area (Å²) in [6, 6.07) is 0. The molecule has 1 aliphatic carbocycles. The fraction of sp³-hybridized carbons (Fsp3) is 0.600. The number of halogens is 2. The van der Waals surface area contributed by atoms with Gasteiger partial charge in [0.2, 0.25) is 5.91 Å². The van der Waals surface area contributed by atoms with Gasteiger partial charge in [-0.05, 0) is 12.8 Å². The molecule has 6 heteroatoms. The minimum absolute atomic E-state index is 0.0390. The highest BCUT2D eigenvalue weighted by atomic mass is 19.3. The van der Waals surface area contributed by atoms with Crippen LogP contribution in [0.1, 0.15) is 19.3 Å². The number of carbonyl (C=O) groups is 1. The second-order valence-corrected chi connectivity index (χ2v) is 3.96. The van der Waals surface area contributed by atoms with Crippen LogP contribution >= 0.6 is 0 Å². The van der Waals surface area contributed by atoms with Crippen LogP contribution in [-0.4, -0.2) is 22.1 Å². The Kier molecular flexibility index (Phi) is 3.17. The minimum Gasteiger partial charge on any atom is -0.323 e. The van der Waals surface area contributed by atoms with E-state index in [2.05, 4.69) is 10.4 Å². The third kappa shape index (κ3) is 2.56. The molecule has 0 spiro atoms. The number of rotatable bonds is 4. The Morgan fingerprint density at radius 2 is 2.38 bits per heavy atom. The zero-order chi connectivity index (χ0) is 11.5. The van der Waals surface area contributed by atoms with E-state index in [1.54, 1.807) is 0 Å². The van der Waals surface area contributed by atoms with Gasteiger partial charge >= 0.3 is 0 Å². The Balaban J connectivity index is 1.89. The summed E-state index contributed by atoms with van der Waals surface area (Å²) in [5.74, 6) is 0.0429. The molecule has 0 radical (unpaired) electrons. The van der Waals surface area contributed by atoms with Crippen LogP contribution in [0.5, 0.6) is 0 Å². The van der Waals surface area contributed by atoms with Gasteiger partial charge in [0.15, 0.2) is 0 Å². The number of amides is 1. The molecule has 0 aliphatic heterocycles. The highest BCUT2D eigenvalue weighted by Gasteiger charge is 2.25. The van der Waals surface area contributed by atoms with Crippen molar-refractivity contribution in [2.75, 3.05) is 5.32 Å². The summed E-state index contributed by atoms with van der Waals surface area (Å²) in [6.45, 7) is -0.445. The second-order valence-electron chi connectivity index (χ2n) is 3.96. The monoisotopic (exact) mass is 229 g/mol. The van der Waals surface area contributed by atoms with E-state index in [1.165, 1.54) is 12.4 Å². The predicted octanol–water partition coefficient (Wildman–Crippen LogP) is 1.89. The zero-order valence-electron chi connectivity index (χ0n) is 8.70. The van der Waals surface area contributed by atoms with Crippen LogP contribution in [-0.2, 0) is 11.3 Å². The molecular weight excluding hydrogens is 216 g/mol. The van der Waals surface area contributed by atoms with Gasteiger partial charge in [-0.2, -0.15) is 5.10 Å². The summed E-state index contributed by atoms with van der Waals surface area (Å²) in [7, 11) is 0. The van der Waals surface area contributed by atoms with E-state index in [9.17, 15) is 13.6 Å². The molecule has 1 aromatic heterocycles. The summed E-state index contributed by atoms with van der Waals surface area (Å²) in [6.07, 6.45) is 3.29. The lowest BCUT2D eigenvalue weighted by Crippen LogP contribution is -2.27. The van der Waals surface area contributed by atoms with E-state index in [-0.39, 0.29) is 11.8 Å². The number of anilines is 1. The third-order valence-electron chi connectivity index (χ3n) is 2.70. The van der Waals surface area contributed by atoms with Gasteiger partial charge in [-0.3, -0.25) is 9.48 Å². The average Bonchev–Trinajstić information content (AvgIpc) is 2.47. The molecule has 1 amide bonds. The largest absolute Gasteiger partial charge is 0.323 e. The van der Waals surface area contributed by atoms with Crippen LogP contribution in [0, 0.1) is 5.92 Å². The second kappa shape index (κ2) is 4.59. The first kappa shape index (κ1) is 11.0. The number of nitrogens with zero attached hydrogens (tertiary/aromatic N) is 2. The number of carbonyl (C=O) groups excluding carboxylic acids is 1. The fourth-order valence-electron chi connectivity index (χ4n) is 1.58. The highest BCUT2D eigenvalue weighted by molar-refractivity contribution is 5.92. The molecule has 1 fully saturated rings. The van der Waals surface area contributed by atoms with Crippen LogP contribution in [0.3, 0.4) is 0 Å². The molecule has 1 heterocycles. The zero-order valence-corrected chi connectivity index (χ0v) is 8.70. The van der Waals surface area contributed by atoms with Gasteiger partial charge in [-0.1, -0.05) is 6.42 Å². The van der Waals surface area contributed by atoms with Crippen molar-refractivity contribution in [3.63, 3.8) is 0 Å². The quantitative estimate of drug-likeness (QED) is 0.856. The first-order chi connectivity index (χ1) is 7.65. The van der Waals surface area contributed by atoms with Gasteiger partial charge in [-0.15, -0.1) is 0 Å². The minimum atomic E-state index is -2.44. The van der Waals surface area contributed by atoms with Crippen molar-refractivity contribution in [3.05, 3.63) is 12.4 Å². The van der Waals surface area contributed by atoms with E-state index in [0.29, 0.717) is 5.69 Å². The lowest BCUT2D eigenvalue weighted by molar-refractivity contribution is -0.122. The normalized spacial score (nSPS) is 16.2. The number of nitrogens with one attached hydrogen (secondary N) is 1. The van der Waals surface area contributed by atoms with E-state index in [1.807, 2.05) is 0 Å². The lowest BCUT2D eigenvalue weighted by atomic mass is 9.85. The van der Waals surface area contributed by atoms with Crippen LogP contribution in [0.4, 0.5) is 14.5 Å². The molecule has 0 atom stereocenters. The number of alkyl halides is 2. The van der Waals surface area contributed by atoms with Crippen molar-refractivity contribution >= 4 is 11.6 Å². The van der Waals surface area contributed by atoms with Crippen molar-refractivity contribution in [1.82, 2.24) is 9.78 Å². The molecule has 0 unspecified atom stereocenters. The Labute approximate surface area is 91.6 Å². The van der Waals surface area contributed by atoms with Gasteiger partial charge in [0.25, 0.3) is 6.43 Å². The van der Waals surface area contributed by atoms with Crippen molar-refractivity contribution in [2.24, 2.45) is 5.92 Å². The Morgan fingerprint density at radius 1 is 1.62 bits per heavy atom. The fourth-order valence-corrected chi connectivity index (χ4v) is 1.58. The highest BCUT2D eigenvalue weighted by Crippen LogP contribution is 2.27. The first-order valence-corrected chi connectivity index (χ1v) is 5.26. The SMILES string of the molecule is O=C(Nc1cnn(CC(F)F)c1)C1CCC1. The van der Waals surface area contributed by atoms with Crippen LogP contribution in [0.15, 0.2) is 12.4 Å². The Morgan fingerprint density at radius 3 is 2.94 bits per heavy atom. The smallest absolute Gasteiger partial charge is 0.257 e. The standard InChI is InChI=1S/C10H13F2N3O/c11-9(12)6-15-5-8(4-13-15)14-10(16)7-2-1-3-7/h4-5,7,9H,1-3,6H2,(H,14,16). The number of hydrogen-bond donors (Lipinski definition) is 1. The maximum absolute atomic E-state index is 12.0. The summed E-state index contributed by atoms with van der Waals surface area (Å²) in [5, 5.41) is 6.40. The van der Waals surface area contributed by atoms with E-state index >= 15 is 0 Å². The molecule has 16 heavy (non-hydrogen) atoms. The summed E-state index contributed by atoms with van der Waals surface area (Å²) in [4.78, 5) is 11.5. The maximum atomic E-state index is 12.0. The summed E-state index contributed by atoms with van der Waals surface area (Å²) < 4.78 is 25.2. The molecule has 0 bridgehead atoms. The van der Waals surface area contributed by atoms with Crippen molar-refractivity contribution in [2.45, 2.75) is 32.2 Å². The van der Waals surface area contributed by atoms with Gasteiger partial charge in [0.05, 0.1) is 11.9 Å². The van der Waals surface area contributed by atoms with Crippen LogP contribution in [0.2, 0.25) is 0 Å². The van der Waals surface area contributed by atoms with Gasteiger partial charge in [0, 0.05) is 12.1 Å². The summed E-state index contributed by atoms with van der Waals surface area (Å²) >= 11 is 0. The van der Waals surface area contributed by atoms with E-state index in [4.69, 9.17) is 0 Å². The third-order valence-corrected chi connectivity index (χ3v) is 2.70. The Bertz CT molecular complexity index is 374. The van der Waals surface area contributed by atoms with Gasteiger partial charge in [0.1, 0.15) is 6.54 Å². The number of aromatic nitrogens is 2. The van der Waals surface area contributed by atoms with Crippen molar-refractivity contribution in [3.8, 4) is 0 Å². The molecule has 1 saturated carbocycles. The molecule has 4 nitrogen and oxygen atoms in total. The molecular formula is C10H13F2N3O. The average molecular weight is 229 g/mol. The van der Waals surface area contributed by atoms with E-state index < -0.39 is 13.0 Å². The molecule has 1 aromatic rings. The molecule has 88 valence electrons. The molecule has 2 rings (SSSR count). The first-order valence-electron chi connectivity index (χ1n) is 5.26. The topological polar surface area (TPSA) is 46.9 Å². The van der Waals surface area contributed by atoms with Crippen LogP contribution in [0.25, 0.3) is 0 Å². The molecule has 1 aliphatic rings. The summed E-state index contributed by atoms with van der Waals surface area (Å²) in [5.41, 5.74) is 0.484. The van der Waals surface area contributed by atoms with Crippen LogP contribution < -0.4 is 5.32 Å². The molecule has 0 aromatic carbocycles. The number of hydrogen-bond acceptors (Lipinski definition) is 2.